The summed E-state index contributed by atoms with van der Waals surface area (Å²) in [5, 5.41) is 0. The number of para-hydroxylation sites is 1. The van der Waals surface area contributed by atoms with Gasteiger partial charge in [0.15, 0.2) is 5.82 Å². The van der Waals surface area contributed by atoms with Crippen LogP contribution in [0.1, 0.15) is 25.7 Å². The molecule has 0 aliphatic carbocycles. The number of ether oxygens (including phenoxy) is 1. The summed E-state index contributed by atoms with van der Waals surface area (Å²) >= 11 is 5.81. The quantitative estimate of drug-likeness (QED) is 0.759. The van der Waals surface area contributed by atoms with E-state index in [2.05, 4.69) is 4.98 Å². The maximum Gasteiger partial charge on any atom is 0.151 e. The first kappa shape index (κ1) is 14.3. The lowest BCUT2D eigenvalue weighted by molar-refractivity contribution is 0.119. The van der Waals surface area contributed by atoms with Gasteiger partial charge in [-0.3, -0.25) is 0 Å². The summed E-state index contributed by atoms with van der Waals surface area (Å²) in [5.74, 6) is 0.977. The van der Waals surface area contributed by atoms with E-state index in [1.165, 1.54) is 6.07 Å². The van der Waals surface area contributed by atoms with Crippen molar-refractivity contribution >= 4 is 22.6 Å². The van der Waals surface area contributed by atoms with Gasteiger partial charge in [0.05, 0.1) is 18.2 Å². The van der Waals surface area contributed by atoms with Crippen LogP contribution in [0.5, 0.6) is 0 Å². The predicted octanol–water partition coefficient (Wildman–Crippen LogP) is 3.55. The van der Waals surface area contributed by atoms with Crippen LogP contribution in [0.15, 0.2) is 18.2 Å². The van der Waals surface area contributed by atoms with E-state index >= 15 is 0 Å². The lowest BCUT2D eigenvalue weighted by Gasteiger charge is -2.17. The lowest BCUT2D eigenvalue weighted by atomic mass is 10.2. The number of hydrogen-bond donors (Lipinski definition) is 0. The van der Waals surface area contributed by atoms with E-state index in [0.717, 1.165) is 11.3 Å². The zero-order valence-electron chi connectivity index (χ0n) is 11.2. The first-order valence-corrected chi connectivity index (χ1v) is 7.01. The molecule has 0 amide bonds. The first-order chi connectivity index (χ1) is 9.19. The number of alkyl halides is 1. The van der Waals surface area contributed by atoms with Gasteiger partial charge in [-0.05, 0) is 26.0 Å². The molecular formula is C14H18ClFN2O. The Hall–Kier alpha value is -1.13. The van der Waals surface area contributed by atoms with Crippen molar-refractivity contribution in [3.63, 3.8) is 0 Å². The lowest BCUT2D eigenvalue weighted by Crippen LogP contribution is -2.15. The van der Waals surface area contributed by atoms with Crippen LogP contribution in [0.3, 0.4) is 0 Å². The molecule has 0 bridgehead atoms. The molecule has 0 spiro atoms. The van der Waals surface area contributed by atoms with E-state index in [9.17, 15) is 4.39 Å². The van der Waals surface area contributed by atoms with Crippen molar-refractivity contribution in [2.45, 2.75) is 26.3 Å². The number of aromatic nitrogens is 2. The number of aryl methyl sites for hydroxylation is 1. The number of fused-ring (bicyclic) bond motifs is 1. The Morgan fingerprint density at radius 3 is 2.95 bits per heavy atom. The van der Waals surface area contributed by atoms with Gasteiger partial charge in [0, 0.05) is 18.9 Å². The van der Waals surface area contributed by atoms with Crippen molar-refractivity contribution < 1.29 is 9.13 Å². The minimum absolute atomic E-state index is 0.102. The molecule has 0 radical (unpaired) electrons. The Bertz CT molecular complexity index is 556. The summed E-state index contributed by atoms with van der Waals surface area (Å²) in [6.07, 6.45) is 0.617. The van der Waals surface area contributed by atoms with Gasteiger partial charge in [0.2, 0.25) is 0 Å². The molecule has 0 aliphatic heterocycles. The molecule has 2 aromatic rings. The second kappa shape index (κ2) is 6.35. The minimum Gasteiger partial charge on any atom is -0.380 e. The van der Waals surface area contributed by atoms with Crippen LogP contribution in [0.2, 0.25) is 0 Å². The van der Waals surface area contributed by atoms with E-state index in [1.54, 1.807) is 6.07 Å². The monoisotopic (exact) mass is 284 g/mol. The highest BCUT2D eigenvalue weighted by molar-refractivity contribution is 6.17. The van der Waals surface area contributed by atoms with Crippen molar-refractivity contribution in [2.24, 2.45) is 0 Å². The van der Waals surface area contributed by atoms with Crippen molar-refractivity contribution in [1.29, 1.82) is 0 Å². The van der Waals surface area contributed by atoms with Gasteiger partial charge in [-0.25, -0.2) is 9.37 Å². The third-order valence-corrected chi connectivity index (χ3v) is 3.25. The largest absolute Gasteiger partial charge is 0.380 e. The summed E-state index contributed by atoms with van der Waals surface area (Å²) in [4.78, 5) is 4.38. The van der Waals surface area contributed by atoms with Gasteiger partial charge in [-0.2, -0.15) is 0 Å². The molecule has 104 valence electrons. The maximum atomic E-state index is 13.8. The van der Waals surface area contributed by atoms with Crippen molar-refractivity contribution in [3.05, 3.63) is 29.8 Å². The minimum atomic E-state index is -0.296. The van der Waals surface area contributed by atoms with Gasteiger partial charge in [0.25, 0.3) is 0 Å². The van der Waals surface area contributed by atoms with Crippen LogP contribution in [-0.4, -0.2) is 28.6 Å². The molecule has 1 atom stereocenters. The predicted molar refractivity (Wildman–Crippen MR) is 75.3 cm³/mol. The zero-order chi connectivity index (χ0) is 13.8. The van der Waals surface area contributed by atoms with E-state index < -0.39 is 0 Å². The van der Waals surface area contributed by atoms with Gasteiger partial charge < -0.3 is 9.30 Å². The van der Waals surface area contributed by atoms with Gasteiger partial charge in [0.1, 0.15) is 11.3 Å². The Labute approximate surface area is 117 Å². The summed E-state index contributed by atoms with van der Waals surface area (Å²) in [6.45, 7) is 5.24. The topological polar surface area (TPSA) is 27.1 Å². The first-order valence-electron chi connectivity index (χ1n) is 6.48. The van der Waals surface area contributed by atoms with Crippen LogP contribution in [0.4, 0.5) is 4.39 Å². The van der Waals surface area contributed by atoms with Crippen molar-refractivity contribution in [3.8, 4) is 0 Å². The fourth-order valence-electron chi connectivity index (χ4n) is 2.25. The van der Waals surface area contributed by atoms with Gasteiger partial charge >= 0.3 is 0 Å². The average Bonchev–Trinajstić information content (AvgIpc) is 2.76. The molecule has 1 aromatic heterocycles. The maximum absolute atomic E-state index is 13.8. The Morgan fingerprint density at radius 1 is 1.47 bits per heavy atom. The molecule has 0 aliphatic rings. The summed E-state index contributed by atoms with van der Waals surface area (Å²) in [5.41, 5.74) is 1.21. The number of imidazole rings is 1. The second-order valence-corrected chi connectivity index (χ2v) is 4.83. The molecule has 1 heterocycles. The molecular weight excluding hydrogens is 267 g/mol. The van der Waals surface area contributed by atoms with Crippen LogP contribution in [-0.2, 0) is 11.2 Å². The Balaban J connectivity index is 2.48. The summed E-state index contributed by atoms with van der Waals surface area (Å²) in [7, 11) is 0. The van der Waals surface area contributed by atoms with Crippen LogP contribution in [0.25, 0.3) is 11.0 Å². The third-order valence-electron chi connectivity index (χ3n) is 3.07. The van der Waals surface area contributed by atoms with Crippen molar-refractivity contribution in [2.75, 3.05) is 19.1 Å². The molecule has 1 aromatic carbocycles. The van der Waals surface area contributed by atoms with Gasteiger partial charge in [-0.15, -0.1) is 11.6 Å². The summed E-state index contributed by atoms with van der Waals surface area (Å²) < 4.78 is 21.3. The highest BCUT2D eigenvalue weighted by Crippen LogP contribution is 2.24. The molecule has 5 heteroatoms. The molecule has 0 saturated heterocycles. The van der Waals surface area contributed by atoms with E-state index in [4.69, 9.17) is 16.3 Å². The molecule has 3 nitrogen and oxygen atoms in total. The summed E-state index contributed by atoms with van der Waals surface area (Å²) in [6, 6.07) is 5.11. The number of halogens is 2. The Kier molecular flexibility index (Phi) is 4.77. The molecule has 0 N–H and O–H groups in total. The number of rotatable bonds is 6. The van der Waals surface area contributed by atoms with Crippen LogP contribution < -0.4 is 0 Å². The molecule has 0 fully saturated rings. The third kappa shape index (κ3) is 2.90. The van der Waals surface area contributed by atoms with Crippen molar-refractivity contribution in [1.82, 2.24) is 9.55 Å². The smallest absolute Gasteiger partial charge is 0.151 e. The molecule has 1 unspecified atom stereocenters. The van der Waals surface area contributed by atoms with Crippen LogP contribution >= 0.6 is 11.6 Å². The fraction of sp³-hybridized carbons (Fsp3) is 0.500. The number of nitrogens with zero attached hydrogens (tertiary/aromatic N) is 2. The SMILES string of the molecule is CCOCC(C)n1c(CCCl)nc2c(F)cccc21. The highest BCUT2D eigenvalue weighted by Gasteiger charge is 2.17. The zero-order valence-corrected chi connectivity index (χ0v) is 12.0. The van der Waals surface area contributed by atoms with E-state index in [1.807, 2.05) is 24.5 Å². The Morgan fingerprint density at radius 2 is 2.26 bits per heavy atom. The standard InChI is InChI=1S/C14H18ClFN2O/c1-3-19-9-10(2)18-12-6-4-5-11(16)14(12)17-13(18)7-8-15/h4-6,10H,3,7-9H2,1-2H3. The van der Waals surface area contributed by atoms with E-state index in [-0.39, 0.29) is 11.9 Å². The average molecular weight is 285 g/mol. The number of hydrogen-bond acceptors (Lipinski definition) is 2. The molecule has 2 rings (SSSR count). The highest BCUT2D eigenvalue weighted by atomic mass is 35.5. The number of benzene rings is 1. The normalized spacial score (nSPS) is 13.1. The van der Waals surface area contributed by atoms with Crippen LogP contribution in [0, 0.1) is 5.82 Å². The van der Waals surface area contributed by atoms with E-state index in [0.29, 0.717) is 31.0 Å². The van der Waals surface area contributed by atoms with Gasteiger partial charge in [-0.1, -0.05) is 6.07 Å². The second-order valence-electron chi connectivity index (χ2n) is 4.45. The molecule has 19 heavy (non-hydrogen) atoms. The molecule has 0 saturated carbocycles. The fourth-order valence-corrected chi connectivity index (χ4v) is 2.42.